The van der Waals surface area contributed by atoms with Crippen LogP contribution in [0.15, 0.2) is 51.0 Å². The van der Waals surface area contributed by atoms with Gasteiger partial charge in [-0.3, -0.25) is 19.1 Å². The summed E-state index contributed by atoms with van der Waals surface area (Å²) in [7, 11) is 0. The van der Waals surface area contributed by atoms with Gasteiger partial charge in [-0.05, 0) is 60.4 Å². The number of hydrogen-bond donors (Lipinski definition) is 1. The van der Waals surface area contributed by atoms with Gasteiger partial charge in [0.15, 0.2) is 6.40 Å². The van der Waals surface area contributed by atoms with E-state index in [1.807, 2.05) is 6.07 Å². The van der Waals surface area contributed by atoms with Gasteiger partial charge in [0.25, 0.3) is 5.56 Å². The molecule has 37 heavy (non-hydrogen) atoms. The van der Waals surface area contributed by atoms with Gasteiger partial charge < -0.3 is 4.74 Å². The van der Waals surface area contributed by atoms with Crippen molar-refractivity contribution in [1.29, 1.82) is 5.26 Å². The van der Waals surface area contributed by atoms with Gasteiger partial charge in [-0.15, -0.1) is 13.2 Å². The number of carbonyl (C=O) groups is 1. The Morgan fingerprint density at radius 2 is 1.89 bits per heavy atom. The number of hydrogen-bond acceptors (Lipinski definition) is 6. The highest BCUT2D eigenvalue weighted by molar-refractivity contribution is 6.09. The van der Waals surface area contributed by atoms with Crippen molar-refractivity contribution in [3.63, 3.8) is 0 Å². The summed E-state index contributed by atoms with van der Waals surface area (Å²) >= 11 is 0. The van der Waals surface area contributed by atoms with E-state index in [2.05, 4.69) is 14.7 Å². The first-order valence-corrected chi connectivity index (χ1v) is 10.8. The van der Waals surface area contributed by atoms with E-state index in [0.29, 0.717) is 5.56 Å². The van der Waals surface area contributed by atoms with Crippen LogP contribution >= 0.6 is 0 Å². The Hall–Kier alpha value is -4.53. The SMILES string of the molecule is Cc1cc(C#N)cc(C(=O)c2c(C(C)C)c(=O)[nH]c(=O)n2Cc2cc(F)cc(/N=C/OC(F)(F)F)c2)c1. The molecule has 0 saturated heterocycles. The number of ether oxygens (including phenoxy) is 1. The molecule has 0 amide bonds. The van der Waals surface area contributed by atoms with Crippen molar-refractivity contribution in [2.45, 2.75) is 39.6 Å². The number of halogens is 4. The molecular formula is C25H20F4N4O4. The monoisotopic (exact) mass is 516 g/mol. The Labute approximate surface area is 207 Å². The van der Waals surface area contributed by atoms with Crippen molar-refractivity contribution in [3.05, 3.63) is 96.6 Å². The van der Waals surface area contributed by atoms with Crippen molar-refractivity contribution >= 4 is 17.9 Å². The predicted octanol–water partition coefficient (Wildman–Crippen LogP) is 4.45. The van der Waals surface area contributed by atoms with E-state index < -0.39 is 41.7 Å². The average molecular weight is 516 g/mol. The summed E-state index contributed by atoms with van der Waals surface area (Å²) in [5.74, 6) is -2.09. The molecule has 0 radical (unpaired) electrons. The van der Waals surface area contributed by atoms with Crippen LogP contribution < -0.4 is 11.2 Å². The number of H-pyrrole nitrogens is 1. The summed E-state index contributed by atoms with van der Waals surface area (Å²) in [5, 5.41) is 9.29. The van der Waals surface area contributed by atoms with Gasteiger partial charge in [0.1, 0.15) is 11.5 Å². The van der Waals surface area contributed by atoms with E-state index in [-0.39, 0.29) is 40.0 Å². The van der Waals surface area contributed by atoms with Crippen molar-refractivity contribution < 1.29 is 27.1 Å². The molecule has 3 rings (SSSR count). The van der Waals surface area contributed by atoms with Gasteiger partial charge in [0.2, 0.25) is 5.78 Å². The van der Waals surface area contributed by atoms with Gasteiger partial charge in [0.05, 0.1) is 23.9 Å². The molecule has 0 bridgehead atoms. The number of nitriles is 1. The lowest BCUT2D eigenvalue weighted by molar-refractivity contribution is -0.280. The molecule has 1 aromatic heterocycles. The maximum atomic E-state index is 14.2. The normalized spacial score (nSPS) is 11.6. The van der Waals surface area contributed by atoms with Crippen LogP contribution in [0.1, 0.15) is 58.1 Å². The third-order valence-corrected chi connectivity index (χ3v) is 5.17. The zero-order valence-electron chi connectivity index (χ0n) is 19.8. The molecule has 0 fully saturated rings. The number of alkyl halides is 3. The van der Waals surface area contributed by atoms with Gasteiger partial charge in [-0.2, -0.15) is 5.26 Å². The molecule has 0 aliphatic carbocycles. The summed E-state index contributed by atoms with van der Waals surface area (Å²) in [5.41, 5.74) is -1.31. The van der Waals surface area contributed by atoms with E-state index in [4.69, 9.17) is 0 Å². The number of nitrogens with zero attached hydrogens (tertiary/aromatic N) is 3. The van der Waals surface area contributed by atoms with E-state index >= 15 is 0 Å². The summed E-state index contributed by atoms with van der Waals surface area (Å²) in [6.45, 7) is 4.53. The van der Waals surface area contributed by atoms with Crippen LogP contribution in [0, 0.1) is 24.1 Å². The summed E-state index contributed by atoms with van der Waals surface area (Å²) < 4.78 is 55.3. The Balaban J connectivity index is 2.18. The average Bonchev–Trinajstić information content (AvgIpc) is 2.78. The highest BCUT2D eigenvalue weighted by Gasteiger charge is 2.29. The number of rotatable bonds is 7. The van der Waals surface area contributed by atoms with Crippen LogP contribution in [0.4, 0.5) is 23.2 Å². The number of aryl methyl sites for hydroxylation is 1. The molecule has 0 aliphatic rings. The Bertz CT molecular complexity index is 1550. The summed E-state index contributed by atoms with van der Waals surface area (Å²) in [4.78, 5) is 44.7. The Morgan fingerprint density at radius 3 is 2.51 bits per heavy atom. The lowest BCUT2D eigenvalue weighted by atomic mass is 9.95. The van der Waals surface area contributed by atoms with E-state index in [1.165, 1.54) is 18.2 Å². The molecule has 0 spiro atoms. The van der Waals surface area contributed by atoms with Crippen LogP contribution in [0.2, 0.25) is 0 Å². The summed E-state index contributed by atoms with van der Waals surface area (Å²) in [6, 6.07) is 9.37. The topological polar surface area (TPSA) is 117 Å². The minimum absolute atomic E-state index is 0.00200. The number of aromatic nitrogens is 2. The molecule has 1 heterocycles. The van der Waals surface area contributed by atoms with Crippen molar-refractivity contribution in [2.24, 2.45) is 4.99 Å². The predicted molar refractivity (Wildman–Crippen MR) is 126 cm³/mol. The molecule has 3 aromatic rings. The Morgan fingerprint density at radius 1 is 1.19 bits per heavy atom. The number of aliphatic imine (C=N–C) groups is 1. The standard InChI is InChI=1S/C25H20F4N4O4/c1-13(2)20-21(22(34)17-5-14(3)4-15(6-17)10-30)33(24(36)32-23(20)35)11-16-7-18(26)9-19(8-16)31-12-37-25(27,28)29/h4-9,12-13H,11H2,1-3H3,(H,32,35,36)/b31-12+. The second-order valence-corrected chi connectivity index (χ2v) is 8.41. The first-order valence-electron chi connectivity index (χ1n) is 10.8. The molecule has 2 aromatic carbocycles. The molecule has 192 valence electrons. The molecule has 0 atom stereocenters. The molecular weight excluding hydrogens is 496 g/mol. The van der Waals surface area contributed by atoms with Gasteiger partial charge in [-0.1, -0.05) is 13.8 Å². The number of benzene rings is 2. The molecule has 0 unspecified atom stereocenters. The highest BCUT2D eigenvalue weighted by atomic mass is 19.4. The smallest absolute Gasteiger partial charge is 0.395 e. The molecule has 8 nitrogen and oxygen atoms in total. The maximum Gasteiger partial charge on any atom is 0.573 e. The molecule has 12 heteroatoms. The first-order chi connectivity index (χ1) is 17.3. The molecule has 1 N–H and O–H groups in total. The minimum atomic E-state index is -4.98. The van der Waals surface area contributed by atoms with Crippen LogP contribution in [-0.2, 0) is 11.3 Å². The highest BCUT2D eigenvalue weighted by Crippen LogP contribution is 2.23. The van der Waals surface area contributed by atoms with Crippen LogP contribution in [0.5, 0.6) is 0 Å². The summed E-state index contributed by atoms with van der Waals surface area (Å²) in [6.07, 6.45) is -4.88. The number of ketones is 1. The first kappa shape index (κ1) is 27.1. The lowest BCUT2D eigenvalue weighted by Crippen LogP contribution is -2.38. The molecule has 0 saturated carbocycles. The van der Waals surface area contributed by atoms with Crippen molar-refractivity contribution in [2.75, 3.05) is 0 Å². The van der Waals surface area contributed by atoms with Crippen molar-refractivity contribution in [3.8, 4) is 6.07 Å². The van der Waals surface area contributed by atoms with Crippen LogP contribution in [0.25, 0.3) is 0 Å². The number of carbonyl (C=O) groups excluding carboxylic acids is 1. The van der Waals surface area contributed by atoms with Crippen LogP contribution in [-0.4, -0.2) is 28.1 Å². The van der Waals surface area contributed by atoms with Gasteiger partial charge in [-0.25, -0.2) is 14.2 Å². The fourth-order valence-electron chi connectivity index (χ4n) is 3.76. The minimum Gasteiger partial charge on any atom is -0.395 e. The van der Waals surface area contributed by atoms with Gasteiger partial charge >= 0.3 is 12.1 Å². The van der Waals surface area contributed by atoms with Crippen molar-refractivity contribution in [1.82, 2.24) is 9.55 Å². The van der Waals surface area contributed by atoms with Crippen LogP contribution in [0.3, 0.4) is 0 Å². The van der Waals surface area contributed by atoms with Gasteiger partial charge in [0, 0.05) is 11.1 Å². The zero-order valence-corrected chi connectivity index (χ0v) is 19.8. The second kappa shape index (κ2) is 10.6. The Kier molecular flexibility index (Phi) is 7.76. The fraction of sp³-hybridized carbons (Fsp3) is 0.240. The third kappa shape index (κ3) is 6.58. The number of nitrogens with one attached hydrogen (secondary N) is 1. The lowest BCUT2D eigenvalue weighted by Gasteiger charge is -2.18. The second-order valence-electron chi connectivity index (χ2n) is 8.41. The van der Waals surface area contributed by atoms with E-state index in [9.17, 15) is 37.2 Å². The van der Waals surface area contributed by atoms with E-state index in [1.54, 1.807) is 26.8 Å². The maximum absolute atomic E-state index is 14.2. The molecule has 0 aliphatic heterocycles. The number of aromatic amines is 1. The third-order valence-electron chi connectivity index (χ3n) is 5.17. The van der Waals surface area contributed by atoms with E-state index in [0.717, 1.165) is 16.7 Å². The fourth-order valence-corrected chi connectivity index (χ4v) is 3.76. The largest absolute Gasteiger partial charge is 0.573 e. The quantitative estimate of drug-likeness (QED) is 0.215. The zero-order chi connectivity index (χ0) is 27.5.